The number of nitrogens with one attached hydrogen (secondary N) is 2. The van der Waals surface area contributed by atoms with Crippen molar-refractivity contribution in [2.75, 3.05) is 10.6 Å². The smallest absolute Gasteiger partial charge is 0.249 e. The minimum atomic E-state index is 0.479. The van der Waals surface area contributed by atoms with E-state index >= 15 is 0 Å². The molecule has 0 aliphatic heterocycles. The fraction of sp³-hybridized carbons (Fsp3) is 0.211. The summed E-state index contributed by atoms with van der Waals surface area (Å²) in [6.45, 7) is 6.26. The van der Waals surface area contributed by atoms with Gasteiger partial charge in [0.1, 0.15) is 0 Å². The average Bonchev–Trinajstić information content (AvgIpc) is 2.59. The van der Waals surface area contributed by atoms with E-state index in [1.165, 1.54) is 16.7 Å². The van der Waals surface area contributed by atoms with E-state index in [1.54, 1.807) is 6.20 Å². The third-order valence-electron chi connectivity index (χ3n) is 3.94. The van der Waals surface area contributed by atoms with Crippen LogP contribution in [0.1, 0.15) is 23.6 Å². The molecule has 2 aromatic carbocycles. The molecule has 0 bridgehead atoms. The van der Waals surface area contributed by atoms with Crippen LogP contribution >= 0.6 is 0 Å². The van der Waals surface area contributed by atoms with Gasteiger partial charge in [0.2, 0.25) is 5.95 Å². The zero-order valence-corrected chi connectivity index (χ0v) is 14.2. The summed E-state index contributed by atoms with van der Waals surface area (Å²) >= 11 is 0. The zero-order chi connectivity index (χ0) is 16.9. The van der Waals surface area contributed by atoms with Gasteiger partial charge in [0.15, 0.2) is 5.82 Å². The predicted octanol–water partition coefficient (Wildman–Crippen LogP) is 4.54. The molecule has 5 nitrogen and oxygen atoms in total. The van der Waals surface area contributed by atoms with Gasteiger partial charge in [-0.25, -0.2) is 0 Å². The normalized spacial score (nSPS) is 10.5. The SMILES string of the molecule is CCc1ccccc1Nc1nncc(Nc2c(C)cccc2C)n1. The molecule has 0 aliphatic carbocycles. The molecule has 1 aromatic heterocycles. The summed E-state index contributed by atoms with van der Waals surface area (Å²) in [5.41, 5.74) is 5.61. The summed E-state index contributed by atoms with van der Waals surface area (Å²) in [5, 5.41) is 14.7. The second-order valence-electron chi connectivity index (χ2n) is 5.69. The van der Waals surface area contributed by atoms with Crippen molar-refractivity contribution in [2.24, 2.45) is 0 Å². The lowest BCUT2D eigenvalue weighted by molar-refractivity contribution is 0.979. The highest BCUT2D eigenvalue weighted by Gasteiger charge is 2.07. The highest BCUT2D eigenvalue weighted by atomic mass is 15.3. The zero-order valence-electron chi connectivity index (χ0n) is 14.2. The predicted molar refractivity (Wildman–Crippen MR) is 98.1 cm³/mol. The van der Waals surface area contributed by atoms with Crippen molar-refractivity contribution in [3.05, 3.63) is 65.4 Å². The van der Waals surface area contributed by atoms with Gasteiger partial charge in [-0.2, -0.15) is 10.1 Å². The maximum absolute atomic E-state index is 4.53. The lowest BCUT2D eigenvalue weighted by Gasteiger charge is -2.13. The van der Waals surface area contributed by atoms with Crippen molar-refractivity contribution in [3.63, 3.8) is 0 Å². The number of hydrogen-bond donors (Lipinski definition) is 2. The fourth-order valence-electron chi connectivity index (χ4n) is 2.63. The Morgan fingerprint density at radius 2 is 1.67 bits per heavy atom. The molecule has 0 spiro atoms. The molecule has 24 heavy (non-hydrogen) atoms. The van der Waals surface area contributed by atoms with Crippen molar-refractivity contribution >= 4 is 23.1 Å². The third-order valence-corrected chi connectivity index (χ3v) is 3.94. The van der Waals surface area contributed by atoms with Gasteiger partial charge in [0.25, 0.3) is 0 Å². The molecule has 0 unspecified atom stereocenters. The Bertz CT molecular complexity index is 824. The number of hydrogen-bond acceptors (Lipinski definition) is 5. The van der Waals surface area contributed by atoms with Crippen molar-refractivity contribution in [3.8, 4) is 0 Å². The Labute approximate surface area is 142 Å². The van der Waals surface area contributed by atoms with Crippen LogP contribution in [0.15, 0.2) is 48.7 Å². The van der Waals surface area contributed by atoms with Gasteiger partial charge >= 0.3 is 0 Å². The Hall–Kier alpha value is -2.95. The highest BCUT2D eigenvalue weighted by molar-refractivity contribution is 5.65. The van der Waals surface area contributed by atoms with E-state index in [0.717, 1.165) is 17.8 Å². The molecule has 0 saturated heterocycles. The number of para-hydroxylation sites is 2. The van der Waals surface area contributed by atoms with E-state index < -0.39 is 0 Å². The van der Waals surface area contributed by atoms with Gasteiger partial charge in [0, 0.05) is 11.4 Å². The van der Waals surface area contributed by atoms with E-state index in [2.05, 4.69) is 64.8 Å². The number of rotatable bonds is 5. The topological polar surface area (TPSA) is 62.7 Å². The molecule has 0 radical (unpaired) electrons. The molecule has 3 aromatic rings. The summed E-state index contributed by atoms with van der Waals surface area (Å²) in [4.78, 5) is 4.53. The first-order valence-electron chi connectivity index (χ1n) is 8.05. The largest absolute Gasteiger partial charge is 0.338 e. The van der Waals surface area contributed by atoms with Gasteiger partial charge in [-0.15, -0.1) is 5.10 Å². The first kappa shape index (κ1) is 15.9. The number of benzene rings is 2. The number of aromatic nitrogens is 3. The van der Waals surface area contributed by atoms with Crippen LogP contribution in [0.25, 0.3) is 0 Å². The van der Waals surface area contributed by atoms with Gasteiger partial charge in [-0.3, -0.25) is 0 Å². The van der Waals surface area contributed by atoms with E-state index in [4.69, 9.17) is 0 Å². The van der Waals surface area contributed by atoms with Gasteiger partial charge in [-0.05, 0) is 43.0 Å². The lowest BCUT2D eigenvalue weighted by Crippen LogP contribution is -2.04. The Kier molecular flexibility index (Phi) is 4.70. The minimum absolute atomic E-state index is 0.479. The maximum Gasteiger partial charge on any atom is 0.249 e. The van der Waals surface area contributed by atoms with Crippen molar-refractivity contribution in [1.82, 2.24) is 15.2 Å². The summed E-state index contributed by atoms with van der Waals surface area (Å²) in [6.07, 6.45) is 2.57. The summed E-state index contributed by atoms with van der Waals surface area (Å²) in [6, 6.07) is 14.3. The molecule has 0 fully saturated rings. The van der Waals surface area contributed by atoms with Crippen LogP contribution in [0.5, 0.6) is 0 Å². The van der Waals surface area contributed by atoms with Crippen LogP contribution in [0.2, 0.25) is 0 Å². The van der Waals surface area contributed by atoms with Crippen LogP contribution in [-0.4, -0.2) is 15.2 Å². The quantitative estimate of drug-likeness (QED) is 0.723. The summed E-state index contributed by atoms with van der Waals surface area (Å²) < 4.78 is 0. The number of aryl methyl sites for hydroxylation is 3. The van der Waals surface area contributed by atoms with Crippen LogP contribution < -0.4 is 10.6 Å². The van der Waals surface area contributed by atoms with Crippen LogP contribution in [-0.2, 0) is 6.42 Å². The average molecular weight is 319 g/mol. The highest BCUT2D eigenvalue weighted by Crippen LogP contribution is 2.24. The molecular formula is C19H21N5. The molecule has 0 saturated carbocycles. The van der Waals surface area contributed by atoms with Crippen LogP contribution in [0.3, 0.4) is 0 Å². The first-order chi connectivity index (χ1) is 11.7. The first-order valence-corrected chi connectivity index (χ1v) is 8.05. The lowest BCUT2D eigenvalue weighted by atomic mass is 10.1. The number of anilines is 4. The molecule has 0 aliphatic rings. The second-order valence-corrected chi connectivity index (χ2v) is 5.69. The van der Waals surface area contributed by atoms with E-state index in [9.17, 15) is 0 Å². The standard InChI is InChI=1S/C19H21N5/c1-4-15-10-5-6-11-16(15)21-19-23-17(12-20-24-19)22-18-13(2)8-7-9-14(18)3/h5-12H,4H2,1-3H3,(H2,21,22,23,24). The minimum Gasteiger partial charge on any atom is -0.338 e. The fourth-order valence-corrected chi connectivity index (χ4v) is 2.63. The van der Waals surface area contributed by atoms with Gasteiger partial charge in [-0.1, -0.05) is 43.3 Å². The number of nitrogens with zero attached hydrogens (tertiary/aromatic N) is 3. The molecule has 122 valence electrons. The van der Waals surface area contributed by atoms with Crippen molar-refractivity contribution in [1.29, 1.82) is 0 Å². The van der Waals surface area contributed by atoms with E-state index in [-0.39, 0.29) is 0 Å². The molecule has 2 N–H and O–H groups in total. The van der Waals surface area contributed by atoms with Crippen molar-refractivity contribution < 1.29 is 0 Å². The maximum atomic E-state index is 4.53. The van der Waals surface area contributed by atoms with E-state index in [0.29, 0.717) is 11.8 Å². The van der Waals surface area contributed by atoms with Gasteiger partial charge in [0.05, 0.1) is 6.20 Å². The Morgan fingerprint density at radius 3 is 2.42 bits per heavy atom. The van der Waals surface area contributed by atoms with Crippen molar-refractivity contribution in [2.45, 2.75) is 27.2 Å². The van der Waals surface area contributed by atoms with E-state index in [1.807, 2.05) is 24.3 Å². The Balaban J connectivity index is 1.84. The Morgan fingerprint density at radius 1 is 0.917 bits per heavy atom. The molecular weight excluding hydrogens is 298 g/mol. The monoisotopic (exact) mass is 319 g/mol. The summed E-state index contributed by atoms with van der Waals surface area (Å²) in [5.74, 6) is 1.14. The molecule has 0 atom stereocenters. The molecule has 1 heterocycles. The molecule has 5 heteroatoms. The summed E-state index contributed by atoms with van der Waals surface area (Å²) in [7, 11) is 0. The molecule has 3 rings (SSSR count). The molecule has 0 amide bonds. The van der Waals surface area contributed by atoms with Crippen LogP contribution in [0.4, 0.5) is 23.1 Å². The second kappa shape index (κ2) is 7.08. The van der Waals surface area contributed by atoms with Gasteiger partial charge < -0.3 is 10.6 Å². The third kappa shape index (κ3) is 3.51. The van der Waals surface area contributed by atoms with Crippen LogP contribution in [0, 0.1) is 13.8 Å².